The average molecular weight is 218 g/mol. The number of carbonyl (C=O) groups excluding carboxylic acids is 1. The van der Waals surface area contributed by atoms with E-state index < -0.39 is 0 Å². The maximum Gasteiger partial charge on any atom is 0.134 e. The molecule has 0 N–H and O–H groups in total. The molecule has 1 nitrogen and oxygen atoms in total. The second-order valence-corrected chi connectivity index (χ2v) is 5.43. The third-order valence-corrected chi connectivity index (χ3v) is 4.37. The lowest BCUT2D eigenvalue weighted by Gasteiger charge is -2.38. The van der Waals surface area contributed by atoms with Gasteiger partial charge in [0.25, 0.3) is 0 Å². The summed E-state index contributed by atoms with van der Waals surface area (Å²) in [6, 6.07) is 0. The fourth-order valence-corrected chi connectivity index (χ4v) is 3.58. The van der Waals surface area contributed by atoms with Crippen LogP contribution < -0.4 is 0 Å². The number of rotatable bonds is 2. The molecule has 0 bridgehead atoms. The molecule has 0 amide bonds. The van der Waals surface area contributed by atoms with Crippen LogP contribution in [0.3, 0.4) is 0 Å². The normalized spacial score (nSPS) is 36.1. The Labute approximate surface area is 98.6 Å². The van der Waals surface area contributed by atoms with Crippen LogP contribution in [0.2, 0.25) is 0 Å². The van der Waals surface area contributed by atoms with Gasteiger partial charge in [0.15, 0.2) is 0 Å². The molecule has 0 heterocycles. The summed E-state index contributed by atoms with van der Waals surface area (Å²) >= 11 is 0. The Balaban J connectivity index is 2.33. The zero-order chi connectivity index (χ0) is 11.8. The monoisotopic (exact) mass is 218 g/mol. The zero-order valence-electron chi connectivity index (χ0n) is 10.7. The van der Waals surface area contributed by atoms with E-state index in [0.29, 0.717) is 5.78 Å². The summed E-state index contributed by atoms with van der Waals surface area (Å²) in [4.78, 5) is 11.7. The molecule has 2 aliphatic carbocycles. The summed E-state index contributed by atoms with van der Waals surface area (Å²) in [5.41, 5.74) is 3.14. The Morgan fingerprint density at radius 2 is 2.38 bits per heavy atom. The van der Waals surface area contributed by atoms with Gasteiger partial charge in [-0.05, 0) is 50.2 Å². The van der Waals surface area contributed by atoms with E-state index in [9.17, 15) is 4.79 Å². The molecule has 0 spiro atoms. The van der Waals surface area contributed by atoms with Gasteiger partial charge < -0.3 is 0 Å². The molecule has 1 saturated carbocycles. The van der Waals surface area contributed by atoms with E-state index in [-0.39, 0.29) is 11.3 Å². The maximum atomic E-state index is 11.7. The van der Waals surface area contributed by atoms with E-state index in [1.54, 1.807) is 6.92 Å². The minimum Gasteiger partial charge on any atom is -0.300 e. The lowest BCUT2D eigenvalue weighted by molar-refractivity contribution is -0.123. The first-order valence-corrected chi connectivity index (χ1v) is 6.50. The zero-order valence-corrected chi connectivity index (χ0v) is 10.7. The van der Waals surface area contributed by atoms with Gasteiger partial charge in [-0.15, -0.1) is 0 Å². The molecule has 88 valence electrons. The summed E-state index contributed by atoms with van der Waals surface area (Å²) in [6.07, 6.45) is 10.4. The van der Waals surface area contributed by atoms with Crippen molar-refractivity contribution in [1.29, 1.82) is 0 Å². The summed E-state index contributed by atoms with van der Waals surface area (Å²) in [5, 5.41) is 0. The molecule has 2 rings (SSSR count). The summed E-state index contributed by atoms with van der Waals surface area (Å²) in [6.45, 7) is 6.24. The number of hydrogen-bond donors (Lipinski definition) is 0. The predicted molar refractivity (Wildman–Crippen MR) is 67.2 cm³/mol. The van der Waals surface area contributed by atoms with E-state index in [1.165, 1.54) is 30.4 Å². The minimum absolute atomic E-state index is 0.144. The van der Waals surface area contributed by atoms with Crippen molar-refractivity contribution < 1.29 is 4.79 Å². The lowest BCUT2D eigenvalue weighted by atomic mass is 9.65. The Morgan fingerprint density at radius 1 is 1.62 bits per heavy atom. The van der Waals surface area contributed by atoms with Crippen molar-refractivity contribution in [2.75, 3.05) is 0 Å². The van der Waals surface area contributed by atoms with E-state index in [2.05, 4.69) is 26.0 Å². The van der Waals surface area contributed by atoms with Crippen LogP contribution in [0.25, 0.3) is 0 Å². The van der Waals surface area contributed by atoms with Crippen molar-refractivity contribution in [3.8, 4) is 0 Å². The quantitative estimate of drug-likeness (QED) is 0.683. The van der Waals surface area contributed by atoms with Gasteiger partial charge in [-0.2, -0.15) is 0 Å². The molecule has 1 heteroatoms. The van der Waals surface area contributed by atoms with Crippen molar-refractivity contribution in [3.63, 3.8) is 0 Å². The Kier molecular flexibility index (Phi) is 3.05. The Morgan fingerprint density at radius 3 is 3.00 bits per heavy atom. The highest BCUT2D eigenvalue weighted by molar-refractivity contribution is 5.81. The van der Waals surface area contributed by atoms with Gasteiger partial charge in [-0.1, -0.05) is 26.0 Å². The van der Waals surface area contributed by atoms with Gasteiger partial charge in [0.05, 0.1) is 0 Å². The highest BCUT2D eigenvalue weighted by Gasteiger charge is 2.45. The molecule has 0 aromatic rings. The van der Waals surface area contributed by atoms with Crippen LogP contribution in [0.1, 0.15) is 52.9 Å². The Bertz CT molecular complexity index is 362. The number of allylic oxidation sites excluding steroid dienone is 4. The molecular weight excluding hydrogens is 196 g/mol. The molecule has 2 atom stereocenters. The molecule has 0 aliphatic heterocycles. The summed E-state index contributed by atoms with van der Waals surface area (Å²) in [5.74, 6) is 0.606. The van der Waals surface area contributed by atoms with Crippen molar-refractivity contribution in [2.45, 2.75) is 52.9 Å². The van der Waals surface area contributed by atoms with Crippen LogP contribution in [-0.2, 0) is 4.79 Å². The summed E-state index contributed by atoms with van der Waals surface area (Å²) < 4.78 is 0. The minimum atomic E-state index is 0.144. The van der Waals surface area contributed by atoms with Crippen molar-refractivity contribution in [2.24, 2.45) is 11.3 Å². The fraction of sp³-hybridized carbons (Fsp3) is 0.667. The predicted octanol–water partition coefficient (Wildman–Crippen LogP) is 4.05. The van der Waals surface area contributed by atoms with Crippen molar-refractivity contribution >= 4 is 5.78 Å². The van der Waals surface area contributed by atoms with E-state index in [4.69, 9.17) is 0 Å². The van der Waals surface area contributed by atoms with Gasteiger partial charge in [-0.3, -0.25) is 4.79 Å². The van der Waals surface area contributed by atoms with E-state index in [1.807, 2.05) is 0 Å². The average Bonchev–Trinajstić information content (AvgIpc) is 2.56. The van der Waals surface area contributed by atoms with Gasteiger partial charge in [0, 0.05) is 11.3 Å². The molecule has 0 radical (unpaired) electrons. The Hall–Kier alpha value is -0.850. The number of hydrogen-bond acceptors (Lipinski definition) is 1. The van der Waals surface area contributed by atoms with Crippen LogP contribution in [0.15, 0.2) is 23.3 Å². The number of fused-ring (bicyclic) bond motifs is 1. The van der Waals surface area contributed by atoms with Gasteiger partial charge in [0.1, 0.15) is 5.78 Å². The van der Waals surface area contributed by atoms with Crippen LogP contribution in [0, 0.1) is 11.3 Å². The van der Waals surface area contributed by atoms with Crippen molar-refractivity contribution in [1.82, 2.24) is 0 Å². The summed E-state index contributed by atoms with van der Waals surface area (Å²) in [7, 11) is 0. The lowest BCUT2D eigenvalue weighted by Crippen LogP contribution is -2.33. The largest absolute Gasteiger partial charge is 0.300 e. The molecule has 2 unspecified atom stereocenters. The number of Topliss-reactive ketones (excluding diaryl/α,β-unsaturated/α-hetero) is 1. The molecule has 16 heavy (non-hydrogen) atoms. The van der Waals surface area contributed by atoms with Crippen LogP contribution >= 0.6 is 0 Å². The van der Waals surface area contributed by atoms with E-state index >= 15 is 0 Å². The molecule has 2 aliphatic rings. The van der Waals surface area contributed by atoms with Gasteiger partial charge in [0.2, 0.25) is 0 Å². The standard InChI is InChI=1S/C15H22O/c1-4-6-12-7-5-10-15(3)13(11(2)16)8-9-14(12)15/h6,9,13H,4-5,7-8,10H2,1-3H3. The first-order valence-electron chi connectivity index (χ1n) is 6.50. The second kappa shape index (κ2) is 4.20. The molecule has 0 saturated heterocycles. The van der Waals surface area contributed by atoms with Crippen LogP contribution in [0.4, 0.5) is 0 Å². The van der Waals surface area contributed by atoms with Gasteiger partial charge in [-0.25, -0.2) is 0 Å². The topological polar surface area (TPSA) is 17.1 Å². The van der Waals surface area contributed by atoms with Crippen LogP contribution in [-0.4, -0.2) is 5.78 Å². The fourth-order valence-electron chi connectivity index (χ4n) is 3.58. The van der Waals surface area contributed by atoms with Crippen molar-refractivity contribution in [3.05, 3.63) is 23.3 Å². The van der Waals surface area contributed by atoms with Crippen LogP contribution in [0.5, 0.6) is 0 Å². The first-order chi connectivity index (χ1) is 7.59. The van der Waals surface area contributed by atoms with Gasteiger partial charge >= 0.3 is 0 Å². The SMILES string of the molecule is CCC=C1CCCC2(C)C1=CCC2C(C)=O. The number of ketones is 1. The molecule has 0 aromatic heterocycles. The van der Waals surface area contributed by atoms with E-state index in [0.717, 1.165) is 12.8 Å². The smallest absolute Gasteiger partial charge is 0.134 e. The third kappa shape index (κ3) is 1.66. The highest BCUT2D eigenvalue weighted by atomic mass is 16.1. The highest BCUT2D eigenvalue weighted by Crippen LogP contribution is 2.54. The number of carbonyl (C=O) groups is 1. The third-order valence-electron chi connectivity index (χ3n) is 4.37. The first kappa shape index (κ1) is 11.6. The molecular formula is C15H22O. The maximum absolute atomic E-state index is 11.7. The molecule has 1 fully saturated rings. The molecule has 0 aromatic carbocycles. The second-order valence-electron chi connectivity index (χ2n) is 5.43.